The minimum absolute atomic E-state index is 0.113. The Balaban J connectivity index is 0.000000279. The summed E-state index contributed by atoms with van der Waals surface area (Å²) in [6.45, 7) is 6.66. The maximum atomic E-state index is 11.8. The molecule has 0 fully saturated rings. The molecule has 0 bridgehead atoms. The zero-order valence-electron chi connectivity index (χ0n) is 16.0. The molecule has 1 aliphatic rings. The van der Waals surface area contributed by atoms with Gasteiger partial charge in [0.25, 0.3) is 5.91 Å². The standard InChI is InChI=1S/C14H14N4O.C6H13NO/c1-8-3-2-4-10(5-8)17-13-12-9(6-11(15)18-13)7-16-14(12)19;1-5(2)3-4-6(7)8/h2-6H,7H2,1H3,(H,16,19)(H3,15,17,18);5H,3-4H2,1-2H3,(H2,7,8). The van der Waals surface area contributed by atoms with Gasteiger partial charge in [0.15, 0.2) is 0 Å². The number of amides is 2. The summed E-state index contributed by atoms with van der Waals surface area (Å²) in [5.41, 5.74) is 14.2. The summed E-state index contributed by atoms with van der Waals surface area (Å²) in [5, 5.41) is 5.94. The van der Waals surface area contributed by atoms with E-state index in [9.17, 15) is 9.59 Å². The van der Waals surface area contributed by atoms with Crippen LogP contribution < -0.4 is 22.1 Å². The molecule has 0 spiro atoms. The number of nitrogens with zero attached hydrogens (tertiary/aromatic N) is 1. The monoisotopic (exact) mass is 369 g/mol. The minimum Gasteiger partial charge on any atom is -0.384 e. The molecule has 6 N–H and O–H groups in total. The predicted molar refractivity (Wildman–Crippen MR) is 108 cm³/mol. The smallest absolute Gasteiger partial charge is 0.255 e. The highest BCUT2D eigenvalue weighted by Crippen LogP contribution is 2.27. The number of fused-ring (bicyclic) bond motifs is 1. The number of hydrogen-bond donors (Lipinski definition) is 4. The third kappa shape index (κ3) is 5.99. The first kappa shape index (κ1) is 20.2. The molecule has 1 aromatic heterocycles. The average molecular weight is 369 g/mol. The highest BCUT2D eigenvalue weighted by Gasteiger charge is 2.24. The first-order chi connectivity index (χ1) is 12.8. The molecule has 7 heteroatoms. The first-order valence-electron chi connectivity index (χ1n) is 8.96. The number of aryl methyl sites for hydroxylation is 1. The van der Waals surface area contributed by atoms with Gasteiger partial charge in [-0.1, -0.05) is 26.0 Å². The first-order valence-corrected chi connectivity index (χ1v) is 8.96. The van der Waals surface area contributed by atoms with Gasteiger partial charge in [-0.25, -0.2) is 4.98 Å². The van der Waals surface area contributed by atoms with Crippen LogP contribution in [0.3, 0.4) is 0 Å². The van der Waals surface area contributed by atoms with Crippen LogP contribution in [0.25, 0.3) is 0 Å². The maximum absolute atomic E-state index is 11.8. The second-order valence-electron chi connectivity index (χ2n) is 7.01. The molecule has 1 aliphatic heterocycles. The van der Waals surface area contributed by atoms with Crippen molar-refractivity contribution in [1.29, 1.82) is 0 Å². The number of nitrogens with two attached hydrogens (primary N) is 2. The summed E-state index contributed by atoms with van der Waals surface area (Å²) >= 11 is 0. The fourth-order valence-electron chi connectivity index (χ4n) is 2.66. The average Bonchev–Trinajstić information content (AvgIpc) is 2.94. The van der Waals surface area contributed by atoms with E-state index in [0.717, 1.165) is 23.2 Å². The molecule has 0 atom stereocenters. The van der Waals surface area contributed by atoms with Crippen LogP contribution in [0.1, 0.15) is 48.2 Å². The van der Waals surface area contributed by atoms with Crippen molar-refractivity contribution in [3.05, 3.63) is 47.0 Å². The third-order valence-corrected chi connectivity index (χ3v) is 4.04. The van der Waals surface area contributed by atoms with E-state index >= 15 is 0 Å². The lowest BCUT2D eigenvalue weighted by Gasteiger charge is -2.10. The zero-order valence-corrected chi connectivity index (χ0v) is 16.0. The second kappa shape index (κ2) is 9.02. The molecule has 2 amide bonds. The van der Waals surface area contributed by atoms with Crippen LogP contribution in [0.15, 0.2) is 30.3 Å². The van der Waals surface area contributed by atoms with Crippen LogP contribution >= 0.6 is 0 Å². The number of nitrogens with one attached hydrogen (secondary N) is 2. The Hall–Kier alpha value is -3.09. The lowest BCUT2D eigenvalue weighted by Crippen LogP contribution is -2.14. The van der Waals surface area contributed by atoms with Crippen molar-refractivity contribution in [2.24, 2.45) is 11.7 Å². The van der Waals surface area contributed by atoms with E-state index in [1.807, 2.05) is 31.2 Å². The highest BCUT2D eigenvalue weighted by atomic mass is 16.2. The number of aromatic nitrogens is 1. The molecule has 0 radical (unpaired) electrons. The molecule has 7 nitrogen and oxygen atoms in total. The second-order valence-corrected chi connectivity index (χ2v) is 7.01. The van der Waals surface area contributed by atoms with E-state index in [-0.39, 0.29) is 11.8 Å². The lowest BCUT2D eigenvalue weighted by atomic mass is 10.1. The number of hydrogen-bond acceptors (Lipinski definition) is 5. The number of primary amides is 1. The zero-order chi connectivity index (χ0) is 20.0. The van der Waals surface area contributed by atoms with Gasteiger partial charge >= 0.3 is 0 Å². The van der Waals surface area contributed by atoms with Gasteiger partial charge in [-0.3, -0.25) is 9.59 Å². The Bertz CT molecular complexity index is 833. The number of benzene rings is 1. The Kier molecular flexibility index (Phi) is 6.76. The van der Waals surface area contributed by atoms with Gasteiger partial charge in [-0.15, -0.1) is 0 Å². The fourth-order valence-corrected chi connectivity index (χ4v) is 2.66. The van der Waals surface area contributed by atoms with Crippen LogP contribution in [-0.4, -0.2) is 16.8 Å². The Morgan fingerprint density at radius 3 is 2.67 bits per heavy atom. The van der Waals surface area contributed by atoms with E-state index < -0.39 is 0 Å². The van der Waals surface area contributed by atoms with Crippen molar-refractivity contribution in [2.75, 3.05) is 11.1 Å². The van der Waals surface area contributed by atoms with E-state index in [0.29, 0.717) is 36.1 Å². The summed E-state index contributed by atoms with van der Waals surface area (Å²) in [6.07, 6.45) is 1.44. The summed E-state index contributed by atoms with van der Waals surface area (Å²) in [4.78, 5) is 26.2. The molecular formula is C20H27N5O2. The Labute approximate surface area is 159 Å². The van der Waals surface area contributed by atoms with E-state index in [2.05, 4.69) is 29.5 Å². The number of rotatable bonds is 5. The molecular weight excluding hydrogens is 342 g/mol. The van der Waals surface area contributed by atoms with Crippen molar-refractivity contribution in [3.63, 3.8) is 0 Å². The minimum atomic E-state index is -0.196. The SMILES string of the molecule is CC(C)CCC(N)=O.Cc1cccc(Nc2nc(N)cc3c2C(=O)NC3)c1. The van der Waals surface area contributed by atoms with Crippen LogP contribution in [-0.2, 0) is 11.3 Å². The Morgan fingerprint density at radius 2 is 2.07 bits per heavy atom. The maximum Gasteiger partial charge on any atom is 0.255 e. The van der Waals surface area contributed by atoms with E-state index in [1.165, 1.54) is 0 Å². The van der Waals surface area contributed by atoms with E-state index in [1.54, 1.807) is 6.07 Å². The topological polar surface area (TPSA) is 123 Å². The molecule has 2 heterocycles. The highest BCUT2D eigenvalue weighted by molar-refractivity contribution is 6.03. The molecule has 2 aromatic rings. The molecule has 144 valence electrons. The van der Waals surface area contributed by atoms with Crippen molar-refractivity contribution in [2.45, 2.75) is 40.2 Å². The van der Waals surface area contributed by atoms with Gasteiger partial charge in [-0.2, -0.15) is 0 Å². The van der Waals surface area contributed by atoms with Gasteiger partial charge in [0.1, 0.15) is 11.6 Å². The van der Waals surface area contributed by atoms with Crippen LogP contribution in [0.5, 0.6) is 0 Å². The predicted octanol–water partition coefficient (Wildman–Crippen LogP) is 2.87. The molecule has 3 rings (SSSR count). The lowest BCUT2D eigenvalue weighted by molar-refractivity contribution is -0.118. The molecule has 0 saturated heterocycles. The number of pyridine rings is 1. The largest absolute Gasteiger partial charge is 0.384 e. The van der Waals surface area contributed by atoms with Gasteiger partial charge in [-0.05, 0) is 48.6 Å². The van der Waals surface area contributed by atoms with Crippen LogP contribution in [0.2, 0.25) is 0 Å². The molecule has 27 heavy (non-hydrogen) atoms. The Morgan fingerprint density at radius 1 is 1.33 bits per heavy atom. The van der Waals surface area contributed by atoms with Gasteiger partial charge in [0.2, 0.25) is 5.91 Å². The molecule has 0 unspecified atom stereocenters. The normalized spacial score (nSPS) is 12.1. The van der Waals surface area contributed by atoms with Crippen molar-refractivity contribution in [1.82, 2.24) is 10.3 Å². The van der Waals surface area contributed by atoms with Gasteiger partial charge in [0.05, 0.1) is 5.56 Å². The summed E-state index contributed by atoms with van der Waals surface area (Å²) in [5.74, 6) is 1.19. The molecule has 0 saturated carbocycles. The van der Waals surface area contributed by atoms with Crippen molar-refractivity contribution >= 4 is 29.1 Å². The summed E-state index contributed by atoms with van der Waals surface area (Å²) in [6, 6.07) is 9.61. The summed E-state index contributed by atoms with van der Waals surface area (Å²) < 4.78 is 0. The fraction of sp³-hybridized carbons (Fsp3) is 0.350. The summed E-state index contributed by atoms with van der Waals surface area (Å²) in [7, 11) is 0. The van der Waals surface area contributed by atoms with Crippen LogP contribution in [0, 0.1) is 12.8 Å². The number of carbonyl (C=O) groups excluding carboxylic acids is 2. The quantitative estimate of drug-likeness (QED) is 0.645. The molecule has 0 aliphatic carbocycles. The van der Waals surface area contributed by atoms with Crippen molar-refractivity contribution in [3.8, 4) is 0 Å². The van der Waals surface area contributed by atoms with Crippen molar-refractivity contribution < 1.29 is 9.59 Å². The number of carbonyl (C=O) groups is 2. The third-order valence-electron chi connectivity index (χ3n) is 4.04. The van der Waals surface area contributed by atoms with Gasteiger partial charge < -0.3 is 22.1 Å². The number of anilines is 3. The number of nitrogen functional groups attached to an aromatic ring is 1. The molecule has 1 aromatic carbocycles. The van der Waals surface area contributed by atoms with E-state index in [4.69, 9.17) is 11.5 Å². The van der Waals surface area contributed by atoms with Gasteiger partial charge in [0, 0.05) is 18.7 Å². The van der Waals surface area contributed by atoms with Crippen LogP contribution in [0.4, 0.5) is 17.3 Å².